The summed E-state index contributed by atoms with van der Waals surface area (Å²) in [6.45, 7) is 7.54. The van der Waals surface area contributed by atoms with Crippen molar-refractivity contribution in [3.8, 4) is 0 Å². The van der Waals surface area contributed by atoms with Gasteiger partial charge in [-0.15, -0.1) is 0 Å². The molecule has 4 heteroatoms. The summed E-state index contributed by atoms with van der Waals surface area (Å²) < 4.78 is 9.98. The first-order valence-corrected chi connectivity index (χ1v) is 5.38. The van der Waals surface area contributed by atoms with Gasteiger partial charge in [-0.2, -0.15) is 12.6 Å². The van der Waals surface area contributed by atoms with E-state index in [0.717, 1.165) is 19.0 Å². The zero-order valence-electron chi connectivity index (χ0n) is 7.09. The van der Waals surface area contributed by atoms with Gasteiger partial charge in [0.05, 0.1) is 0 Å². The predicted octanol–water partition coefficient (Wildman–Crippen LogP) is 0.994. The average Bonchev–Trinajstić information content (AvgIpc) is 1.91. The molecule has 0 fully saturated rings. The fourth-order valence-electron chi connectivity index (χ4n) is 0.226. The molecule has 0 aliphatic heterocycles. The lowest BCUT2D eigenvalue weighted by Crippen LogP contribution is -2.02. The molecule has 0 aliphatic rings. The standard InChI is InChI=1S/C4H12O2Si.C2H6S/c1-3-5-7-6-4-2;1-2-3/h3-4,7H2,1-2H3;3H,2H2,1H3. The van der Waals surface area contributed by atoms with Crippen molar-refractivity contribution >= 4 is 22.6 Å². The lowest BCUT2D eigenvalue weighted by Gasteiger charge is -1.96. The van der Waals surface area contributed by atoms with E-state index in [4.69, 9.17) is 8.85 Å². The third-order valence-electron chi connectivity index (χ3n) is 0.575. The van der Waals surface area contributed by atoms with E-state index in [2.05, 4.69) is 12.6 Å². The highest BCUT2D eigenvalue weighted by Crippen LogP contribution is 1.70. The van der Waals surface area contributed by atoms with Crippen molar-refractivity contribution < 1.29 is 8.85 Å². The van der Waals surface area contributed by atoms with E-state index in [1.807, 2.05) is 20.8 Å². The van der Waals surface area contributed by atoms with Crippen molar-refractivity contribution in [2.24, 2.45) is 0 Å². The molecule has 64 valence electrons. The van der Waals surface area contributed by atoms with Gasteiger partial charge >= 0.3 is 10.0 Å². The second-order valence-corrected chi connectivity index (χ2v) is 3.10. The van der Waals surface area contributed by atoms with Crippen molar-refractivity contribution in [3.05, 3.63) is 0 Å². The summed E-state index contributed by atoms with van der Waals surface area (Å²) in [5.41, 5.74) is 0. The molecule has 0 rings (SSSR count). The Kier molecular flexibility index (Phi) is 21.3. The van der Waals surface area contributed by atoms with Crippen LogP contribution < -0.4 is 0 Å². The number of hydrogen-bond donors (Lipinski definition) is 1. The third kappa shape index (κ3) is 23.6. The molecule has 0 spiro atoms. The lowest BCUT2D eigenvalue weighted by molar-refractivity contribution is 0.240. The number of thiol groups is 1. The van der Waals surface area contributed by atoms with Crippen molar-refractivity contribution in [2.45, 2.75) is 20.8 Å². The van der Waals surface area contributed by atoms with Crippen LogP contribution in [-0.2, 0) is 8.85 Å². The van der Waals surface area contributed by atoms with Gasteiger partial charge in [0, 0.05) is 13.2 Å². The van der Waals surface area contributed by atoms with Gasteiger partial charge in [-0.1, -0.05) is 6.92 Å². The van der Waals surface area contributed by atoms with Gasteiger partial charge in [-0.25, -0.2) is 0 Å². The van der Waals surface area contributed by atoms with Crippen LogP contribution in [0, 0.1) is 0 Å². The highest BCUT2D eigenvalue weighted by Gasteiger charge is 1.79. The molecule has 0 aromatic carbocycles. The summed E-state index contributed by atoms with van der Waals surface area (Å²) in [4.78, 5) is 0. The molecule has 10 heavy (non-hydrogen) atoms. The second-order valence-electron chi connectivity index (χ2n) is 1.42. The minimum Gasteiger partial charge on any atom is -0.399 e. The molecule has 0 N–H and O–H groups in total. The summed E-state index contributed by atoms with van der Waals surface area (Å²) in [5, 5.41) is 0. The predicted molar refractivity (Wildman–Crippen MR) is 51.3 cm³/mol. The maximum atomic E-state index is 4.99. The van der Waals surface area contributed by atoms with E-state index < -0.39 is 10.0 Å². The smallest absolute Gasteiger partial charge is 0.304 e. The van der Waals surface area contributed by atoms with Gasteiger partial charge in [-0.3, -0.25) is 0 Å². The van der Waals surface area contributed by atoms with Crippen LogP contribution in [0.15, 0.2) is 0 Å². The molecular formula is C6H18O2SSi. The Hall–Kier alpha value is 0.487. The fourth-order valence-corrected chi connectivity index (χ4v) is 0.677. The minimum absolute atomic E-state index is 0.589. The topological polar surface area (TPSA) is 18.5 Å². The first-order chi connectivity index (χ1) is 4.83. The van der Waals surface area contributed by atoms with Crippen molar-refractivity contribution in [2.75, 3.05) is 19.0 Å². The largest absolute Gasteiger partial charge is 0.399 e. The molecule has 0 atom stereocenters. The van der Waals surface area contributed by atoms with Crippen LogP contribution in [0.1, 0.15) is 20.8 Å². The van der Waals surface area contributed by atoms with E-state index in [1.165, 1.54) is 0 Å². The van der Waals surface area contributed by atoms with Crippen LogP contribution >= 0.6 is 12.6 Å². The average molecular weight is 182 g/mol. The molecule has 0 bridgehead atoms. The monoisotopic (exact) mass is 182 g/mol. The molecule has 0 saturated carbocycles. The molecule has 0 amide bonds. The minimum atomic E-state index is -0.589. The second kappa shape index (κ2) is 16.2. The SMILES string of the molecule is CCO[SiH2]OCC.CCS. The zero-order chi connectivity index (χ0) is 8.24. The molecule has 0 aliphatic carbocycles. The van der Waals surface area contributed by atoms with E-state index >= 15 is 0 Å². The summed E-state index contributed by atoms with van der Waals surface area (Å²) in [6, 6.07) is 0. The molecule has 0 unspecified atom stereocenters. The first kappa shape index (κ1) is 13.1. The molecule has 0 aromatic heterocycles. The van der Waals surface area contributed by atoms with E-state index in [9.17, 15) is 0 Å². The Balaban J connectivity index is 0. The van der Waals surface area contributed by atoms with Crippen LogP contribution in [0.2, 0.25) is 0 Å². The highest BCUT2D eigenvalue weighted by atomic mass is 32.1. The Morgan fingerprint density at radius 1 is 1.10 bits per heavy atom. The van der Waals surface area contributed by atoms with Crippen LogP contribution in [0.5, 0.6) is 0 Å². The van der Waals surface area contributed by atoms with Gasteiger partial charge in [0.1, 0.15) is 0 Å². The summed E-state index contributed by atoms with van der Waals surface area (Å²) in [5.74, 6) is 0.944. The molecule has 0 heterocycles. The van der Waals surface area contributed by atoms with E-state index in [0.29, 0.717) is 0 Å². The Labute approximate surface area is 71.8 Å². The van der Waals surface area contributed by atoms with Crippen molar-refractivity contribution in [3.63, 3.8) is 0 Å². The van der Waals surface area contributed by atoms with Crippen molar-refractivity contribution in [1.29, 1.82) is 0 Å². The molecule has 0 aromatic rings. The number of hydrogen-bond acceptors (Lipinski definition) is 3. The Morgan fingerprint density at radius 2 is 1.40 bits per heavy atom. The third-order valence-corrected chi connectivity index (χ3v) is 1.72. The normalized spacial score (nSPS) is 8.40. The summed E-state index contributed by atoms with van der Waals surface area (Å²) in [6.07, 6.45) is 0. The number of rotatable bonds is 4. The maximum absolute atomic E-state index is 4.99. The fraction of sp³-hybridized carbons (Fsp3) is 1.00. The Morgan fingerprint density at radius 3 is 1.60 bits per heavy atom. The Bertz CT molecular complexity index is 42.7. The van der Waals surface area contributed by atoms with Crippen LogP contribution in [0.4, 0.5) is 0 Å². The highest BCUT2D eigenvalue weighted by molar-refractivity contribution is 7.80. The zero-order valence-corrected chi connectivity index (χ0v) is 9.40. The van der Waals surface area contributed by atoms with Crippen molar-refractivity contribution in [1.82, 2.24) is 0 Å². The van der Waals surface area contributed by atoms with Crippen LogP contribution in [-0.4, -0.2) is 29.0 Å². The summed E-state index contributed by atoms with van der Waals surface area (Å²) >= 11 is 3.79. The van der Waals surface area contributed by atoms with E-state index in [1.54, 1.807) is 0 Å². The van der Waals surface area contributed by atoms with Gasteiger partial charge < -0.3 is 8.85 Å². The van der Waals surface area contributed by atoms with Gasteiger partial charge in [-0.05, 0) is 19.6 Å². The van der Waals surface area contributed by atoms with Gasteiger partial charge in [0.15, 0.2) is 0 Å². The quantitative estimate of drug-likeness (QED) is 0.397. The summed E-state index contributed by atoms with van der Waals surface area (Å²) in [7, 11) is -0.589. The van der Waals surface area contributed by atoms with Gasteiger partial charge in [0.2, 0.25) is 0 Å². The molecule has 0 saturated heterocycles. The van der Waals surface area contributed by atoms with Crippen LogP contribution in [0.25, 0.3) is 0 Å². The van der Waals surface area contributed by atoms with Crippen LogP contribution in [0.3, 0.4) is 0 Å². The lowest BCUT2D eigenvalue weighted by atomic mass is 10.9. The molecular weight excluding hydrogens is 164 g/mol. The molecule has 2 nitrogen and oxygen atoms in total. The maximum Gasteiger partial charge on any atom is 0.304 e. The first-order valence-electron chi connectivity index (χ1n) is 3.59. The molecule has 0 radical (unpaired) electrons. The van der Waals surface area contributed by atoms with E-state index in [-0.39, 0.29) is 0 Å². The van der Waals surface area contributed by atoms with Gasteiger partial charge in [0.25, 0.3) is 0 Å².